The maximum Gasteiger partial charge on any atom is 0.307 e. The largest absolute Gasteiger partial charge is 0.481 e. The van der Waals surface area contributed by atoms with Crippen molar-refractivity contribution in [1.29, 1.82) is 0 Å². The van der Waals surface area contributed by atoms with Gasteiger partial charge in [0.05, 0.1) is 102 Å². The summed E-state index contributed by atoms with van der Waals surface area (Å²) in [6, 6.07) is 0. The summed E-state index contributed by atoms with van der Waals surface area (Å²) in [6.45, 7) is 10.8. The van der Waals surface area contributed by atoms with Crippen LogP contribution >= 0.6 is 94.1 Å². The minimum atomic E-state index is -2.35. The summed E-state index contributed by atoms with van der Waals surface area (Å²) in [4.78, 5) is 97.4. The number of carbonyl (C=O) groups is 8. The van der Waals surface area contributed by atoms with Crippen molar-refractivity contribution in [2.75, 3.05) is 98.7 Å². The molecule has 140 heavy (non-hydrogen) atoms. The Balaban J connectivity index is 1.11. The highest BCUT2D eigenvalue weighted by molar-refractivity contribution is 8.00. The Labute approximate surface area is 839 Å². The van der Waals surface area contributed by atoms with Crippen molar-refractivity contribution in [2.24, 2.45) is 53.3 Å². The molecule has 27 fully saturated rings. The molecule has 0 aromatic rings. The van der Waals surface area contributed by atoms with Crippen LogP contribution in [-0.2, 0) is 114 Å². The van der Waals surface area contributed by atoms with Gasteiger partial charge in [-0.2, -0.15) is 94.1 Å². The number of hydrogen-bond acceptors (Lipinski definition) is 48. The molecule has 27 aliphatic heterocycles. The third-order valence-electron chi connectivity index (χ3n) is 25.2. The fourth-order valence-corrected chi connectivity index (χ4v) is 25.2. The average molecular weight is 2170 g/mol. The molecule has 0 radical (unpaired) electrons. The van der Waals surface area contributed by atoms with Crippen LogP contribution in [0.15, 0.2) is 0 Å². The first-order chi connectivity index (χ1) is 66.0. The lowest BCUT2D eigenvalue weighted by Gasteiger charge is -2.50. The van der Waals surface area contributed by atoms with Crippen molar-refractivity contribution in [3.8, 4) is 0 Å². The molecule has 0 aliphatic carbocycles. The summed E-state index contributed by atoms with van der Waals surface area (Å²) in [5.41, 5.74) is 0. The van der Waals surface area contributed by atoms with Gasteiger partial charge in [0.25, 0.3) is 0 Å². The number of ether oxygens (including phenoxy) is 16. The van der Waals surface area contributed by atoms with Gasteiger partial charge in [-0.1, -0.05) is 61.8 Å². The van der Waals surface area contributed by atoms with E-state index in [1.807, 2.05) is 0 Å². The minimum absolute atomic E-state index is 0.00641. The van der Waals surface area contributed by atoms with E-state index in [1.165, 1.54) is 55.4 Å². The van der Waals surface area contributed by atoms with E-state index in [2.05, 4.69) is 0 Å². The van der Waals surface area contributed by atoms with Crippen molar-refractivity contribution in [2.45, 2.75) is 314 Å². The first-order valence-corrected chi connectivity index (χ1v) is 55.0. The summed E-state index contributed by atoms with van der Waals surface area (Å²) >= 11 is 7.55. The molecule has 48 unspecified atom stereocenters. The molecule has 0 amide bonds. The SMILES string of the molecule is CC(CSCC1OC2OC3C(CSCC(C)C(=O)O)OC(OC4C(CSCC(C)C(=O)O)OC(OC5C(CSCC(C)C(=O)O)OC(OC6C(CSCC(C)C(=O)O)OC(OC7C(CSCC(C)C(=O)O)OC(OC8C(CSCC(C)C(=O)O)OC(OC9C(CSCC(C)C(=O)O)OC(OCCCCC1C(O)C2O)C(O)C9O)C(O)C8O)C(O)C7O)C(O)C6O)C(O)C5O)C(O)C4O)C(O)C3O)C(=O)O. The number of thioether (sulfide) groups is 8. The monoisotopic (exact) mass is 2170 g/mol. The zero-order chi connectivity index (χ0) is 103. The highest BCUT2D eigenvalue weighted by Crippen LogP contribution is 2.44. The molecule has 0 aromatic heterocycles. The predicted octanol–water partition coefficient (Wildman–Crippen LogP) is -4.30. The number of aliphatic hydroxyl groups excluding tert-OH is 16. The van der Waals surface area contributed by atoms with E-state index in [4.69, 9.17) is 75.8 Å². The van der Waals surface area contributed by atoms with E-state index in [-0.39, 0.29) is 106 Å². The zero-order valence-electron chi connectivity index (χ0n) is 77.7. The van der Waals surface area contributed by atoms with E-state index in [9.17, 15) is 161 Å². The molecule has 0 aromatic carbocycles. The maximum absolute atomic E-state index is 12.5. The van der Waals surface area contributed by atoms with Gasteiger partial charge in [0, 0.05) is 105 Å². The molecule has 27 aliphatic rings. The van der Waals surface area contributed by atoms with Gasteiger partial charge in [-0.05, 0) is 12.8 Å². The smallest absolute Gasteiger partial charge is 0.307 e. The number of aliphatic hydroxyl groups is 16. The highest BCUT2D eigenvalue weighted by Gasteiger charge is 2.61. The Hall–Kier alpha value is -2.72. The van der Waals surface area contributed by atoms with Gasteiger partial charge in [0.2, 0.25) is 0 Å². The van der Waals surface area contributed by atoms with Crippen LogP contribution in [0.1, 0.15) is 74.7 Å². The Morgan fingerprint density at radius 2 is 0.357 bits per heavy atom. The number of rotatable bonds is 40. The van der Waals surface area contributed by atoms with Gasteiger partial charge in [-0.15, -0.1) is 0 Å². The molecule has 0 spiro atoms. The van der Waals surface area contributed by atoms with Crippen molar-refractivity contribution >= 4 is 142 Å². The van der Waals surface area contributed by atoms with E-state index in [0.29, 0.717) is 0 Å². The lowest BCUT2D eigenvalue weighted by atomic mass is 9.85. The fraction of sp³-hybridized carbons (Fsp3) is 0.905. The second-order valence-electron chi connectivity index (χ2n) is 36.6. The van der Waals surface area contributed by atoms with Crippen molar-refractivity contribution < 1.29 is 237 Å². The third-order valence-corrected chi connectivity index (χ3v) is 35.6. The highest BCUT2D eigenvalue weighted by atomic mass is 32.2. The van der Waals surface area contributed by atoms with E-state index >= 15 is 0 Å². The van der Waals surface area contributed by atoms with Gasteiger partial charge in [0.1, 0.15) is 134 Å². The Morgan fingerprint density at radius 1 is 0.207 bits per heavy atom. The summed E-state index contributed by atoms with van der Waals surface area (Å²) in [5.74, 6) is -22.5. The second-order valence-corrected chi connectivity index (χ2v) is 45.2. The van der Waals surface area contributed by atoms with Crippen LogP contribution in [0.4, 0.5) is 0 Å². The average Bonchev–Trinajstić information content (AvgIpc) is 0.766. The van der Waals surface area contributed by atoms with Gasteiger partial charge < -0.3 is 198 Å². The topological polar surface area (TPSA) is 770 Å². The standard InChI is InChI=1S/C84H136O48S8/c1-29(69(101)102)13-133-21-38-37-11-9-10-12-117-77-55(94)47(86)62(39(119-77)22-134-14-30(2)70(103)104)127-79-57(96)49(88)64(41(121-79)24-136-16-32(4)72(107)108)129-81-59(98)51(90)66(43(123-81)26-138-18-34(6)74(111)112)131-83-61(100)53(92)68(45(125-83)28-140-20-36(8)76(115)116)132-84-60(99)52(91)67(44(124-84)27-139-19-35(7)75(113)114)130-82-58(97)50(89)65(42(122-82)25-137-17-33(5)73(109)110)128-80-56(95)48(87)63(126-78(118-38)54(93)46(37)85)40(120-80)23-135-15-31(3)71(105)106/h29-68,77-100H,9-28H2,1-8H3,(H,101,102)(H,103,104)(H,105,106)(H,107,108)(H,109,110)(H,111,112)(H,113,114)(H,115,116). The number of aliphatic carboxylic acids is 8. The second kappa shape index (κ2) is 56.9. The summed E-state index contributed by atoms with van der Waals surface area (Å²) in [6.07, 6.45) is -76.8. The van der Waals surface area contributed by atoms with E-state index < -0.39 is 352 Å². The third kappa shape index (κ3) is 32.7. The molecule has 27 rings (SSSR count). The van der Waals surface area contributed by atoms with E-state index in [0.717, 1.165) is 94.1 Å². The van der Waals surface area contributed by atoms with Crippen LogP contribution < -0.4 is 0 Å². The predicted molar refractivity (Wildman–Crippen MR) is 496 cm³/mol. The molecule has 16 bridgehead atoms. The number of carboxylic acid groups (broad SMARTS) is 8. The molecule has 808 valence electrons. The van der Waals surface area contributed by atoms with Crippen LogP contribution in [-0.4, -0.2) is 509 Å². The van der Waals surface area contributed by atoms with Crippen LogP contribution in [0.3, 0.4) is 0 Å². The summed E-state index contributed by atoms with van der Waals surface area (Å²) < 4.78 is 102. The molecule has 24 N–H and O–H groups in total. The molecule has 48 nitrogen and oxygen atoms in total. The normalized spacial score (nSPS) is 41.2. The Bertz CT molecular complexity index is 3800. The Morgan fingerprint density at radius 3 is 0.536 bits per heavy atom. The van der Waals surface area contributed by atoms with Gasteiger partial charge >= 0.3 is 47.8 Å². The molecule has 27 heterocycles. The van der Waals surface area contributed by atoms with Gasteiger partial charge in [-0.3, -0.25) is 38.4 Å². The molecule has 56 heteroatoms. The molecular formula is C84H136O48S8. The van der Waals surface area contributed by atoms with Crippen molar-refractivity contribution in [3.05, 3.63) is 0 Å². The van der Waals surface area contributed by atoms with Crippen LogP contribution in [0.2, 0.25) is 0 Å². The van der Waals surface area contributed by atoms with Gasteiger partial charge in [0.15, 0.2) is 50.3 Å². The zero-order valence-corrected chi connectivity index (χ0v) is 84.2. The fourth-order valence-electron chi connectivity index (χ4n) is 16.1. The Kier molecular flexibility index (Phi) is 49.1. The molecule has 0 saturated carbocycles. The van der Waals surface area contributed by atoms with Crippen LogP contribution in [0, 0.1) is 53.3 Å². The molecule has 27 saturated heterocycles. The number of hydrogen-bond donors (Lipinski definition) is 24. The van der Waals surface area contributed by atoms with Crippen molar-refractivity contribution in [1.82, 2.24) is 0 Å². The van der Waals surface area contributed by atoms with Crippen molar-refractivity contribution in [3.63, 3.8) is 0 Å². The summed E-state index contributed by atoms with van der Waals surface area (Å²) in [5, 5.41) is 276. The van der Waals surface area contributed by atoms with Gasteiger partial charge in [-0.25, -0.2) is 0 Å². The maximum atomic E-state index is 12.5. The van der Waals surface area contributed by atoms with Crippen LogP contribution in [0.5, 0.6) is 0 Å². The molecule has 48 atom stereocenters. The summed E-state index contributed by atoms with van der Waals surface area (Å²) in [7, 11) is 0. The minimum Gasteiger partial charge on any atom is -0.481 e. The first-order valence-electron chi connectivity index (χ1n) is 45.8. The van der Waals surface area contributed by atoms with E-state index in [1.54, 1.807) is 0 Å². The van der Waals surface area contributed by atoms with Crippen LogP contribution in [0.25, 0.3) is 0 Å². The quantitative estimate of drug-likeness (QED) is 0.0276. The lowest BCUT2D eigenvalue weighted by Crippen LogP contribution is -2.68. The molecular weight excluding hydrogens is 2030 g/mol. The lowest BCUT2D eigenvalue weighted by molar-refractivity contribution is -0.391. The number of carboxylic acids is 8. The first kappa shape index (κ1) is 121.